The fraction of sp³-hybridized carbons (Fsp3) is 0.0357. The van der Waals surface area contributed by atoms with Crippen LogP contribution < -0.4 is 0 Å². The summed E-state index contributed by atoms with van der Waals surface area (Å²) < 4.78 is 1.71. The van der Waals surface area contributed by atoms with Crippen molar-refractivity contribution in [3.05, 3.63) is 114 Å². The summed E-state index contributed by atoms with van der Waals surface area (Å²) in [5, 5.41) is 18.7. The first-order valence-electron chi connectivity index (χ1n) is 10.1. The fourth-order valence-corrected chi connectivity index (χ4v) is 3.64. The van der Waals surface area contributed by atoms with Crippen LogP contribution in [0.3, 0.4) is 0 Å². The molecule has 0 bridgehead atoms. The second-order valence-electron chi connectivity index (χ2n) is 7.36. The minimum atomic E-state index is 0.143. The molecule has 0 amide bonds. The quantitative estimate of drug-likeness (QED) is 0.373. The van der Waals surface area contributed by atoms with Crippen LogP contribution in [0, 0.1) is 22.7 Å². The Balaban J connectivity index is 1.82. The lowest BCUT2D eigenvalue weighted by molar-refractivity contribution is 0.786. The molecule has 1 aromatic heterocycles. The van der Waals surface area contributed by atoms with Gasteiger partial charge in [0.05, 0.1) is 6.33 Å². The molecule has 4 heteroatoms. The summed E-state index contributed by atoms with van der Waals surface area (Å²) in [6.07, 6.45) is 5.19. The maximum absolute atomic E-state index is 9.48. The Morgan fingerprint density at radius 2 is 1.28 bits per heavy atom. The predicted molar refractivity (Wildman–Crippen MR) is 128 cm³/mol. The minimum absolute atomic E-state index is 0.143. The van der Waals surface area contributed by atoms with Crippen LogP contribution in [0.25, 0.3) is 34.4 Å². The van der Waals surface area contributed by atoms with Gasteiger partial charge in [-0.15, -0.1) is 0 Å². The molecule has 0 saturated heterocycles. The number of nitrogens with zero attached hydrogens (tertiary/aromatic N) is 4. The third-order valence-electron chi connectivity index (χ3n) is 5.35. The number of benzene rings is 3. The van der Waals surface area contributed by atoms with E-state index in [2.05, 4.69) is 66.7 Å². The third kappa shape index (κ3) is 4.12. The van der Waals surface area contributed by atoms with E-state index in [0.29, 0.717) is 6.54 Å². The van der Waals surface area contributed by atoms with Crippen molar-refractivity contribution < 1.29 is 0 Å². The molecule has 0 saturated carbocycles. The van der Waals surface area contributed by atoms with E-state index in [1.165, 1.54) is 0 Å². The number of hydrogen-bond donors (Lipinski definition) is 0. The van der Waals surface area contributed by atoms with Crippen molar-refractivity contribution in [1.82, 2.24) is 9.55 Å². The molecule has 0 fully saturated rings. The molecule has 3 aromatic carbocycles. The van der Waals surface area contributed by atoms with Gasteiger partial charge in [0.25, 0.3) is 0 Å². The normalized spacial score (nSPS) is 10.2. The predicted octanol–water partition coefficient (Wildman–Crippen LogP) is 6.29. The van der Waals surface area contributed by atoms with Gasteiger partial charge in [0.2, 0.25) is 0 Å². The van der Waals surface area contributed by atoms with Gasteiger partial charge in [0, 0.05) is 6.54 Å². The number of nitriles is 2. The highest BCUT2D eigenvalue weighted by atomic mass is 15.1. The first-order valence-corrected chi connectivity index (χ1v) is 10.1. The maximum Gasteiger partial charge on any atom is 0.176 e. The zero-order valence-electron chi connectivity index (χ0n) is 17.5. The highest BCUT2D eigenvalue weighted by Crippen LogP contribution is 2.30. The number of imidazole rings is 1. The summed E-state index contributed by atoms with van der Waals surface area (Å²) in [5.74, 6) is 0. The number of rotatable bonds is 6. The van der Waals surface area contributed by atoms with Crippen molar-refractivity contribution in [2.45, 2.75) is 6.54 Å². The molecule has 0 aliphatic heterocycles. The van der Waals surface area contributed by atoms with E-state index in [-0.39, 0.29) is 11.4 Å². The van der Waals surface area contributed by atoms with Crippen LogP contribution >= 0.6 is 0 Å². The van der Waals surface area contributed by atoms with Crippen molar-refractivity contribution in [2.75, 3.05) is 0 Å². The zero-order chi connectivity index (χ0) is 22.5. The van der Waals surface area contributed by atoms with E-state index in [1.807, 2.05) is 42.5 Å². The van der Waals surface area contributed by atoms with Crippen LogP contribution in [0.1, 0.15) is 28.1 Å². The van der Waals surface area contributed by atoms with Crippen LogP contribution in [0.4, 0.5) is 0 Å². The molecule has 152 valence electrons. The summed E-state index contributed by atoms with van der Waals surface area (Å²) in [4.78, 5) is 4.06. The van der Waals surface area contributed by atoms with E-state index in [0.717, 1.165) is 38.9 Å². The van der Waals surface area contributed by atoms with Gasteiger partial charge in [0.1, 0.15) is 12.1 Å². The first kappa shape index (κ1) is 20.6. The lowest BCUT2D eigenvalue weighted by atomic mass is 9.95. The highest BCUT2D eigenvalue weighted by Gasteiger charge is 2.12. The monoisotopic (exact) mass is 412 g/mol. The molecule has 4 aromatic rings. The smallest absolute Gasteiger partial charge is 0.176 e. The van der Waals surface area contributed by atoms with Gasteiger partial charge in [-0.25, -0.2) is 4.98 Å². The largest absolute Gasteiger partial charge is 0.317 e. The summed E-state index contributed by atoms with van der Waals surface area (Å²) in [6, 6.07) is 26.9. The molecule has 0 N–H and O–H groups in total. The molecular formula is C28H20N4. The van der Waals surface area contributed by atoms with Gasteiger partial charge in [-0.3, -0.25) is 0 Å². The molecule has 4 nitrogen and oxygen atoms in total. The van der Waals surface area contributed by atoms with Crippen LogP contribution in [0.5, 0.6) is 0 Å². The van der Waals surface area contributed by atoms with Crippen LogP contribution in [-0.2, 0) is 6.54 Å². The fourth-order valence-electron chi connectivity index (χ4n) is 3.64. The van der Waals surface area contributed by atoms with Crippen LogP contribution in [-0.4, -0.2) is 9.55 Å². The zero-order valence-corrected chi connectivity index (χ0v) is 17.5. The molecule has 0 aliphatic rings. The van der Waals surface area contributed by atoms with Gasteiger partial charge >= 0.3 is 0 Å². The number of hydrogen-bond acceptors (Lipinski definition) is 3. The Bertz CT molecular complexity index is 1310. The van der Waals surface area contributed by atoms with Crippen molar-refractivity contribution in [3.8, 4) is 34.4 Å². The van der Waals surface area contributed by atoms with Gasteiger partial charge < -0.3 is 4.57 Å². The third-order valence-corrected chi connectivity index (χ3v) is 5.35. The summed E-state index contributed by atoms with van der Waals surface area (Å²) in [5.41, 5.74) is 7.86. The van der Waals surface area contributed by atoms with Crippen molar-refractivity contribution >= 4 is 12.2 Å². The maximum atomic E-state index is 9.48. The van der Waals surface area contributed by atoms with E-state index in [9.17, 15) is 10.5 Å². The Morgan fingerprint density at radius 3 is 1.72 bits per heavy atom. The topological polar surface area (TPSA) is 65.4 Å². The molecule has 4 rings (SSSR count). The van der Waals surface area contributed by atoms with E-state index >= 15 is 0 Å². The lowest BCUT2D eigenvalue weighted by Gasteiger charge is -2.12. The summed E-state index contributed by atoms with van der Waals surface area (Å²) >= 11 is 0. The van der Waals surface area contributed by atoms with Crippen molar-refractivity contribution in [1.29, 1.82) is 10.5 Å². The highest BCUT2D eigenvalue weighted by molar-refractivity contribution is 5.75. The first-order chi connectivity index (χ1) is 15.6. The second kappa shape index (κ2) is 9.00. The second-order valence-corrected chi connectivity index (χ2v) is 7.36. The molecular weight excluding hydrogens is 392 g/mol. The molecule has 32 heavy (non-hydrogen) atoms. The van der Waals surface area contributed by atoms with Gasteiger partial charge in [0.15, 0.2) is 11.4 Å². The Hall–Kier alpha value is -4.67. The molecule has 0 aliphatic carbocycles. The van der Waals surface area contributed by atoms with Crippen molar-refractivity contribution in [2.24, 2.45) is 0 Å². The molecule has 0 unspecified atom stereocenters. The van der Waals surface area contributed by atoms with Gasteiger partial charge in [-0.2, -0.15) is 10.5 Å². The average molecular weight is 412 g/mol. The van der Waals surface area contributed by atoms with E-state index in [1.54, 1.807) is 10.9 Å². The average Bonchev–Trinajstić information content (AvgIpc) is 3.25. The Labute approximate surface area is 187 Å². The van der Waals surface area contributed by atoms with Crippen LogP contribution in [0.15, 0.2) is 86.2 Å². The minimum Gasteiger partial charge on any atom is -0.317 e. The Kier molecular flexibility index (Phi) is 5.79. The Morgan fingerprint density at radius 1 is 0.750 bits per heavy atom. The standard InChI is InChI=1S/C28H20N4/c1-3-20-5-9-23(10-6-20)25-13-22(18-32-19-31-27(16-29)28(32)17-30)14-26(15-25)24-11-7-21(4-2)8-12-24/h3-15,19H,1-2,18H2. The number of aromatic nitrogens is 2. The summed E-state index contributed by atoms with van der Waals surface area (Å²) in [6.45, 7) is 8.08. The van der Waals surface area contributed by atoms with E-state index < -0.39 is 0 Å². The van der Waals surface area contributed by atoms with Gasteiger partial charge in [-0.05, 0) is 57.1 Å². The SMILES string of the molecule is C=Cc1ccc(-c2cc(Cn3cnc(C#N)c3C#N)cc(-c3ccc(C=C)cc3)c2)cc1. The molecule has 0 spiro atoms. The lowest BCUT2D eigenvalue weighted by Crippen LogP contribution is -2.02. The van der Waals surface area contributed by atoms with Crippen molar-refractivity contribution in [3.63, 3.8) is 0 Å². The molecule has 0 radical (unpaired) electrons. The molecule has 1 heterocycles. The summed E-state index contributed by atoms with van der Waals surface area (Å²) in [7, 11) is 0. The van der Waals surface area contributed by atoms with Crippen LogP contribution in [0.2, 0.25) is 0 Å². The van der Waals surface area contributed by atoms with E-state index in [4.69, 9.17) is 0 Å². The molecule has 0 atom stereocenters. The van der Waals surface area contributed by atoms with Gasteiger partial charge in [-0.1, -0.05) is 73.8 Å².